The van der Waals surface area contributed by atoms with Crippen LogP contribution >= 0.6 is 0 Å². The van der Waals surface area contributed by atoms with Crippen molar-refractivity contribution >= 4 is 22.4 Å². The first-order valence-electron chi connectivity index (χ1n) is 6.23. The molecule has 0 bridgehead atoms. The van der Waals surface area contributed by atoms with Gasteiger partial charge in [0.25, 0.3) is 0 Å². The third-order valence-electron chi connectivity index (χ3n) is 2.89. The van der Waals surface area contributed by atoms with E-state index in [1.807, 2.05) is 49.5 Å². The molecule has 2 N–H and O–H groups in total. The normalized spacial score (nSPS) is 10.5. The van der Waals surface area contributed by atoms with Crippen molar-refractivity contribution < 1.29 is 4.79 Å². The van der Waals surface area contributed by atoms with E-state index in [1.54, 1.807) is 0 Å². The van der Waals surface area contributed by atoms with Gasteiger partial charge >= 0.3 is 0 Å². The Hall–Kier alpha value is -1.87. The van der Waals surface area contributed by atoms with Crippen LogP contribution in [0.1, 0.15) is 12.8 Å². The second-order valence-electron chi connectivity index (χ2n) is 4.28. The van der Waals surface area contributed by atoms with Gasteiger partial charge < -0.3 is 10.6 Å². The van der Waals surface area contributed by atoms with Crippen LogP contribution in [0, 0.1) is 0 Å². The Labute approximate surface area is 107 Å². The molecule has 1 amide bonds. The van der Waals surface area contributed by atoms with Gasteiger partial charge in [-0.15, -0.1) is 0 Å². The van der Waals surface area contributed by atoms with Gasteiger partial charge in [0.05, 0.1) is 0 Å². The summed E-state index contributed by atoms with van der Waals surface area (Å²) in [6.45, 7) is 0.864. The first-order valence-corrected chi connectivity index (χ1v) is 6.23. The van der Waals surface area contributed by atoms with E-state index in [-0.39, 0.29) is 5.91 Å². The van der Waals surface area contributed by atoms with Gasteiger partial charge in [-0.2, -0.15) is 0 Å². The van der Waals surface area contributed by atoms with Crippen LogP contribution in [0.4, 0.5) is 5.69 Å². The van der Waals surface area contributed by atoms with Gasteiger partial charge in [-0.3, -0.25) is 4.79 Å². The molecule has 0 aliphatic carbocycles. The molecular weight excluding hydrogens is 224 g/mol. The van der Waals surface area contributed by atoms with Crippen LogP contribution in [0.2, 0.25) is 0 Å². The fourth-order valence-electron chi connectivity index (χ4n) is 1.97. The quantitative estimate of drug-likeness (QED) is 0.792. The Kier molecular flexibility index (Phi) is 4.31. The van der Waals surface area contributed by atoms with Crippen molar-refractivity contribution in [2.45, 2.75) is 12.8 Å². The van der Waals surface area contributed by atoms with Crippen molar-refractivity contribution in [3.63, 3.8) is 0 Å². The van der Waals surface area contributed by atoms with Crippen molar-refractivity contribution in [3.05, 3.63) is 42.5 Å². The van der Waals surface area contributed by atoms with Gasteiger partial charge in [-0.1, -0.05) is 36.4 Å². The molecule has 2 rings (SSSR count). The number of benzene rings is 2. The van der Waals surface area contributed by atoms with E-state index in [0.29, 0.717) is 6.42 Å². The monoisotopic (exact) mass is 242 g/mol. The summed E-state index contributed by atoms with van der Waals surface area (Å²) >= 11 is 0. The van der Waals surface area contributed by atoms with Crippen molar-refractivity contribution in [2.24, 2.45) is 0 Å². The number of anilines is 1. The van der Waals surface area contributed by atoms with Crippen LogP contribution in [0.5, 0.6) is 0 Å². The van der Waals surface area contributed by atoms with E-state index in [9.17, 15) is 4.79 Å². The third-order valence-corrected chi connectivity index (χ3v) is 2.89. The number of fused-ring (bicyclic) bond motifs is 1. The Balaban J connectivity index is 2.09. The zero-order valence-corrected chi connectivity index (χ0v) is 10.6. The molecule has 0 radical (unpaired) electrons. The van der Waals surface area contributed by atoms with Crippen LogP contribution in [0.15, 0.2) is 42.5 Å². The zero-order valence-electron chi connectivity index (χ0n) is 10.6. The third kappa shape index (κ3) is 3.08. The van der Waals surface area contributed by atoms with Gasteiger partial charge in [0.1, 0.15) is 0 Å². The number of amides is 1. The molecule has 0 aliphatic heterocycles. The lowest BCUT2D eigenvalue weighted by atomic mass is 10.1. The molecule has 0 fully saturated rings. The molecular formula is C15H18N2O. The first kappa shape index (κ1) is 12.6. The molecule has 0 spiro atoms. The largest absolute Gasteiger partial charge is 0.326 e. The highest BCUT2D eigenvalue weighted by molar-refractivity contribution is 6.02. The van der Waals surface area contributed by atoms with Crippen molar-refractivity contribution in [3.8, 4) is 0 Å². The SMILES string of the molecule is CNCCCC(=O)Nc1cccc2ccccc12. The summed E-state index contributed by atoms with van der Waals surface area (Å²) in [5.74, 6) is 0.0709. The van der Waals surface area contributed by atoms with E-state index in [4.69, 9.17) is 0 Å². The van der Waals surface area contributed by atoms with E-state index in [2.05, 4.69) is 10.6 Å². The van der Waals surface area contributed by atoms with E-state index < -0.39 is 0 Å². The molecule has 0 saturated carbocycles. The zero-order chi connectivity index (χ0) is 12.8. The second kappa shape index (κ2) is 6.17. The van der Waals surface area contributed by atoms with Gasteiger partial charge in [-0.25, -0.2) is 0 Å². The minimum atomic E-state index is 0.0709. The number of nitrogens with one attached hydrogen (secondary N) is 2. The van der Waals surface area contributed by atoms with Crippen LogP contribution in [0.3, 0.4) is 0 Å². The lowest BCUT2D eigenvalue weighted by Crippen LogP contribution is -2.15. The fraction of sp³-hybridized carbons (Fsp3) is 0.267. The predicted octanol–water partition coefficient (Wildman–Crippen LogP) is 2.78. The Morgan fingerprint density at radius 2 is 1.89 bits per heavy atom. The Bertz CT molecular complexity index is 532. The highest BCUT2D eigenvalue weighted by atomic mass is 16.1. The van der Waals surface area contributed by atoms with E-state index >= 15 is 0 Å². The lowest BCUT2D eigenvalue weighted by Gasteiger charge is -2.08. The number of hydrogen-bond acceptors (Lipinski definition) is 2. The standard InChI is InChI=1S/C15H18N2O/c1-16-11-5-10-15(18)17-14-9-4-7-12-6-2-3-8-13(12)14/h2-4,6-9,16H,5,10-11H2,1H3,(H,17,18). The topological polar surface area (TPSA) is 41.1 Å². The van der Waals surface area contributed by atoms with Gasteiger partial charge in [0, 0.05) is 17.5 Å². The van der Waals surface area contributed by atoms with Crippen molar-refractivity contribution in [2.75, 3.05) is 18.9 Å². The Morgan fingerprint density at radius 1 is 1.11 bits per heavy atom. The molecule has 0 heterocycles. The summed E-state index contributed by atoms with van der Waals surface area (Å²) in [6.07, 6.45) is 1.40. The average Bonchev–Trinajstić information content (AvgIpc) is 2.39. The first-order chi connectivity index (χ1) is 8.81. The molecule has 2 aromatic carbocycles. The Morgan fingerprint density at radius 3 is 2.72 bits per heavy atom. The molecule has 0 aliphatic rings. The molecule has 3 nitrogen and oxygen atoms in total. The number of hydrogen-bond donors (Lipinski definition) is 2. The smallest absolute Gasteiger partial charge is 0.224 e. The maximum Gasteiger partial charge on any atom is 0.224 e. The fourth-order valence-corrected chi connectivity index (χ4v) is 1.97. The van der Waals surface area contributed by atoms with Crippen molar-refractivity contribution in [1.82, 2.24) is 5.32 Å². The molecule has 3 heteroatoms. The van der Waals surface area contributed by atoms with Crippen LogP contribution in [-0.2, 0) is 4.79 Å². The molecule has 2 aromatic rings. The predicted molar refractivity (Wildman–Crippen MR) is 75.7 cm³/mol. The maximum atomic E-state index is 11.8. The molecule has 0 aromatic heterocycles. The summed E-state index contributed by atoms with van der Waals surface area (Å²) in [4.78, 5) is 11.8. The summed E-state index contributed by atoms with van der Waals surface area (Å²) < 4.78 is 0. The molecule has 18 heavy (non-hydrogen) atoms. The van der Waals surface area contributed by atoms with Gasteiger partial charge in [-0.05, 0) is 31.5 Å². The minimum absolute atomic E-state index is 0.0709. The lowest BCUT2D eigenvalue weighted by molar-refractivity contribution is -0.116. The van der Waals surface area contributed by atoms with Crippen LogP contribution in [0.25, 0.3) is 10.8 Å². The second-order valence-corrected chi connectivity index (χ2v) is 4.28. The molecule has 0 unspecified atom stereocenters. The average molecular weight is 242 g/mol. The number of rotatable bonds is 5. The van der Waals surface area contributed by atoms with Crippen LogP contribution < -0.4 is 10.6 Å². The minimum Gasteiger partial charge on any atom is -0.326 e. The van der Waals surface area contributed by atoms with Crippen LogP contribution in [-0.4, -0.2) is 19.5 Å². The van der Waals surface area contributed by atoms with E-state index in [1.165, 1.54) is 0 Å². The number of carbonyl (C=O) groups excluding carboxylic acids is 1. The summed E-state index contributed by atoms with van der Waals surface area (Å²) in [5.41, 5.74) is 0.891. The maximum absolute atomic E-state index is 11.8. The highest BCUT2D eigenvalue weighted by Gasteiger charge is 2.04. The van der Waals surface area contributed by atoms with Crippen molar-refractivity contribution in [1.29, 1.82) is 0 Å². The molecule has 94 valence electrons. The summed E-state index contributed by atoms with van der Waals surface area (Å²) in [5, 5.41) is 8.24. The summed E-state index contributed by atoms with van der Waals surface area (Å²) in [6, 6.07) is 14.0. The van der Waals surface area contributed by atoms with E-state index in [0.717, 1.165) is 29.4 Å². The number of carbonyl (C=O) groups is 1. The molecule has 0 saturated heterocycles. The van der Waals surface area contributed by atoms with Gasteiger partial charge in [0.15, 0.2) is 0 Å². The molecule has 0 atom stereocenters. The highest BCUT2D eigenvalue weighted by Crippen LogP contribution is 2.22. The van der Waals surface area contributed by atoms with Gasteiger partial charge in [0.2, 0.25) is 5.91 Å². The summed E-state index contributed by atoms with van der Waals surface area (Å²) in [7, 11) is 1.89.